The minimum Gasteiger partial charge on any atom is -0.357 e. The van der Waals surface area contributed by atoms with Gasteiger partial charge in [-0.3, -0.25) is 4.99 Å². The van der Waals surface area contributed by atoms with Gasteiger partial charge in [0.05, 0.1) is 6.54 Å². The number of halogens is 2. The molecule has 2 fully saturated rings. The van der Waals surface area contributed by atoms with E-state index in [4.69, 9.17) is 4.99 Å². The van der Waals surface area contributed by atoms with Gasteiger partial charge < -0.3 is 10.6 Å². The van der Waals surface area contributed by atoms with Crippen LogP contribution in [0, 0.1) is 5.82 Å². The van der Waals surface area contributed by atoms with E-state index < -0.39 is 0 Å². The van der Waals surface area contributed by atoms with Gasteiger partial charge in [0.1, 0.15) is 5.82 Å². The maximum Gasteiger partial charge on any atom is 0.191 e. The summed E-state index contributed by atoms with van der Waals surface area (Å²) in [7, 11) is 0. The van der Waals surface area contributed by atoms with Crippen molar-refractivity contribution >= 4 is 41.7 Å². The molecule has 3 rings (SSSR count). The molecule has 134 valence electrons. The third-order valence-electron chi connectivity index (χ3n) is 4.68. The summed E-state index contributed by atoms with van der Waals surface area (Å²) in [6, 6.07) is 7.64. The molecule has 1 saturated carbocycles. The number of nitrogens with one attached hydrogen (secondary N) is 2. The van der Waals surface area contributed by atoms with Gasteiger partial charge in [0, 0.05) is 23.8 Å². The number of benzene rings is 1. The number of nitrogens with zero attached hydrogens (tertiary/aromatic N) is 1. The lowest BCUT2D eigenvalue weighted by atomic mass is 9.95. The van der Waals surface area contributed by atoms with Crippen molar-refractivity contribution in [2.75, 3.05) is 24.6 Å². The molecule has 2 aliphatic rings. The Morgan fingerprint density at radius 1 is 1.38 bits per heavy atom. The first kappa shape index (κ1) is 19.8. The fourth-order valence-electron chi connectivity index (χ4n) is 3.15. The molecule has 1 heterocycles. The van der Waals surface area contributed by atoms with Gasteiger partial charge in [-0.05, 0) is 50.0 Å². The number of aliphatic imine (C=N–C) groups is 1. The second-order valence-corrected chi connectivity index (χ2v) is 7.66. The van der Waals surface area contributed by atoms with E-state index >= 15 is 0 Å². The van der Waals surface area contributed by atoms with E-state index in [-0.39, 0.29) is 35.2 Å². The van der Waals surface area contributed by atoms with Crippen LogP contribution in [0.3, 0.4) is 0 Å². The molecule has 0 spiro atoms. The summed E-state index contributed by atoms with van der Waals surface area (Å²) in [4.78, 5) is 4.78. The number of rotatable bonds is 5. The zero-order chi connectivity index (χ0) is 16.1. The Bertz CT molecular complexity index is 557. The van der Waals surface area contributed by atoms with Crippen LogP contribution in [0.25, 0.3) is 0 Å². The molecule has 0 bridgehead atoms. The van der Waals surface area contributed by atoms with E-state index in [1.807, 2.05) is 23.9 Å². The Hall–Kier alpha value is -0.500. The first-order valence-electron chi connectivity index (χ1n) is 8.61. The smallest absolute Gasteiger partial charge is 0.191 e. The summed E-state index contributed by atoms with van der Waals surface area (Å²) in [6.07, 6.45) is 4.52. The van der Waals surface area contributed by atoms with Crippen molar-refractivity contribution in [2.45, 2.75) is 44.1 Å². The van der Waals surface area contributed by atoms with Crippen molar-refractivity contribution in [1.29, 1.82) is 0 Å². The van der Waals surface area contributed by atoms with E-state index in [9.17, 15) is 4.39 Å². The van der Waals surface area contributed by atoms with Gasteiger partial charge in [0.25, 0.3) is 0 Å². The van der Waals surface area contributed by atoms with E-state index in [0.29, 0.717) is 12.6 Å². The lowest BCUT2D eigenvalue weighted by molar-refractivity contribution is 0.564. The Balaban J connectivity index is 0.00000208. The van der Waals surface area contributed by atoms with Crippen LogP contribution >= 0.6 is 35.7 Å². The van der Waals surface area contributed by atoms with Gasteiger partial charge in [-0.15, -0.1) is 24.0 Å². The van der Waals surface area contributed by atoms with Crippen LogP contribution in [0.4, 0.5) is 4.39 Å². The first-order valence-corrected chi connectivity index (χ1v) is 9.76. The van der Waals surface area contributed by atoms with Crippen LogP contribution in [0.2, 0.25) is 0 Å². The predicted octanol–water partition coefficient (Wildman–Crippen LogP) is 3.93. The van der Waals surface area contributed by atoms with E-state index in [0.717, 1.165) is 36.7 Å². The third-order valence-corrected chi connectivity index (χ3v) is 5.90. The van der Waals surface area contributed by atoms with Gasteiger partial charge in [0.15, 0.2) is 5.96 Å². The SMILES string of the molecule is CCNC(=NCC1(c2ccccc2F)CC1)NC1CCCSC1.I. The van der Waals surface area contributed by atoms with Gasteiger partial charge in [-0.2, -0.15) is 11.8 Å². The highest BCUT2D eigenvalue weighted by molar-refractivity contribution is 14.0. The molecule has 1 unspecified atom stereocenters. The molecule has 0 aromatic heterocycles. The average Bonchev–Trinajstić information content (AvgIpc) is 3.35. The Morgan fingerprint density at radius 2 is 2.17 bits per heavy atom. The topological polar surface area (TPSA) is 36.4 Å². The number of hydrogen-bond acceptors (Lipinski definition) is 2. The monoisotopic (exact) mass is 463 g/mol. The van der Waals surface area contributed by atoms with Crippen LogP contribution in [0.15, 0.2) is 29.3 Å². The molecular weight excluding hydrogens is 436 g/mol. The maximum absolute atomic E-state index is 14.1. The van der Waals surface area contributed by atoms with Crippen molar-refractivity contribution in [2.24, 2.45) is 4.99 Å². The zero-order valence-electron chi connectivity index (χ0n) is 14.2. The van der Waals surface area contributed by atoms with E-state index in [1.165, 1.54) is 18.6 Å². The molecule has 1 aliphatic carbocycles. The van der Waals surface area contributed by atoms with Crippen molar-refractivity contribution in [3.63, 3.8) is 0 Å². The largest absolute Gasteiger partial charge is 0.357 e. The summed E-state index contributed by atoms with van der Waals surface area (Å²) in [5, 5.41) is 6.88. The van der Waals surface area contributed by atoms with Gasteiger partial charge in [-0.1, -0.05) is 18.2 Å². The summed E-state index contributed by atoms with van der Waals surface area (Å²) in [5.41, 5.74) is 0.738. The van der Waals surface area contributed by atoms with Crippen LogP contribution in [0.5, 0.6) is 0 Å². The van der Waals surface area contributed by atoms with E-state index in [1.54, 1.807) is 12.1 Å². The lowest BCUT2D eigenvalue weighted by Gasteiger charge is -2.25. The minimum absolute atomic E-state index is 0. The van der Waals surface area contributed by atoms with Crippen molar-refractivity contribution in [3.05, 3.63) is 35.6 Å². The third kappa shape index (κ3) is 5.00. The average molecular weight is 463 g/mol. The Morgan fingerprint density at radius 3 is 2.79 bits per heavy atom. The predicted molar refractivity (Wildman–Crippen MR) is 112 cm³/mol. The number of hydrogen-bond donors (Lipinski definition) is 2. The first-order chi connectivity index (χ1) is 11.2. The Kier molecular flexibility index (Phi) is 7.65. The fraction of sp³-hybridized carbons (Fsp3) is 0.611. The van der Waals surface area contributed by atoms with Crippen LogP contribution in [-0.2, 0) is 5.41 Å². The number of thioether (sulfide) groups is 1. The second-order valence-electron chi connectivity index (χ2n) is 6.51. The van der Waals surface area contributed by atoms with Gasteiger partial charge in [0.2, 0.25) is 0 Å². The zero-order valence-corrected chi connectivity index (χ0v) is 17.3. The van der Waals surface area contributed by atoms with Crippen molar-refractivity contribution in [3.8, 4) is 0 Å². The standard InChI is InChI=1S/C18H26FN3S.HI/c1-2-20-17(22-14-6-5-11-23-12-14)21-13-18(9-10-18)15-7-3-4-8-16(15)19;/h3-4,7-8,14H,2,5-6,9-13H2,1H3,(H2,20,21,22);1H. The highest BCUT2D eigenvalue weighted by Gasteiger charge is 2.45. The Labute approximate surface area is 165 Å². The van der Waals surface area contributed by atoms with Crippen LogP contribution < -0.4 is 10.6 Å². The molecule has 1 aliphatic heterocycles. The highest BCUT2D eigenvalue weighted by atomic mass is 127. The summed E-state index contributed by atoms with van der Waals surface area (Å²) < 4.78 is 14.1. The molecule has 1 aromatic carbocycles. The molecule has 0 radical (unpaired) electrons. The highest BCUT2D eigenvalue weighted by Crippen LogP contribution is 2.49. The molecule has 1 aromatic rings. The molecule has 1 saturated heterocycles. The molecule has 0 amide bonds. The fourth-order valence-corrected chi connectivity index (χ4v) is 4.23. The summed E-state index contributed by atoms with van der Waals surface area (Å²) in [6.45, 7) is 3.58. The molecule has 6 heteroatoms. The summed E-state index contributed by atoms with van der Waals surface area (Å²) in [5.74, 6) is 3.19. The van der Waals surface area contributed by atoms with E-state index in [2.05, 4.69) is 17.6 Å². The van der Waals surface area contributed by atoms with Gasteiger partial charge in [-0.25, -0.2) is 4.39 Å². The maximum atomic E-state index is 14.1. The minimum atomic E-state index is -0.0955. The lowest BCUT2D eigenvalue weighted by Crippen LogP contribution is -2.45. The molecule has 24 heavy (non-hydrogen) atoms. The van der Waals surface area contributed by atoms with Crippen molar-refractivity contribution in [1.82, 2.24) is 10.6 Å². The molecule has 1 atom stereocenters. The molecule has 2 N–H and O–H groups in total. The normalized spacial score (nSPS) is 22.4. The van der Waals surface area contributed by atoms with Crippen molar-refractivity contribution < 1.29 is 4.39 Å². The van der Waals surface area contributed by atoms with Gasteiger partial charge >= 0.3 is 0 Å². The summed E-state index contributed by atoms with van der Waals surface area (Å²) >= 11 is 2.00. The quantitative estimate of drug-likeness (QED) is 0.395. The number of guanidine groups is 1. The van der Waals surface area contributed by atoms with Crippen LogP contribution in [0.1, 0.15) is 38.2 Å². The second kappa shape index (κ2) is 9.27. The van der Waals surface area contributed by atoms with Crippen LogP contribution in [-0.4, -0.2) is 36.6 Å². The molecule has 3 nitrogen and oxygen atoms in total. The molecular formula is C18H27FIN3S.